The van der Waals surface area contributed by atoms with Gasteiger partial charge in [-0.1, -0.05) is 12.1 Å². The Bertz CT molecular complexity index is 1430. The van der Waals surface area contributed by atoms with Gasteiger partial charge in [0, 0.05) is 35.0 Å². The molecule has 1 fully saturated rings. The monoisotopic (exact) mass is 498 g/mol. The van der Waals surface area contributed by atoms with Crippen molar-refractivity contribution in [3.8, 4) is 11.4 Å². The Labute approximate surface area is 215 Å². The standard InChI is InChI=1S/C28H26N4O3S/c1-17-15-23(18(2)31(17)20-12-10-19(11-13-20)27(33)34)26-25(24-9-4-5-14-29-24)30-28(36)32(26)21-7-6-8-22(16-21)35-3/h4-16,25-26H,1-3H3,(H,30,36)(H,33,34). The number of benzene rings is 2. The molecule has 0 spiro atoms. The van der Waals surface area contributed by atoms with Gasteiger partial charge in [0.15, 0.2) is 5.11 Å². The van der Waals surface area contributed by atoms with E-state index in [4.69, 9.17) is 17.0 Å². The summed E-state index contributed by atoms with van der Waals surface area (Å²) in [6, 6.07) is 22.5. The summed E-state index contributed by atoms with van der Waals surface area (Å²) in [6.45, 7) is 4.13. The Balaban J connectivity index is 1.65. The molecule has 0 radical (unpaired) electrons. The van der Waals surface area contributed by atoms with Gasteiger partial charge in [0.25, 0.3) is 0 Å². The largest absolute Gasteiger partial charge is 0.497 e. The molecule has 1 aliphatic heterocycles. The Morgan fingerprint density at radius 3 is 2.47 bits per heavy atom. The zero-order valence-electron chi connectivity index (χ0n) is 20.2. The molecule has 3 heterocycles. The second-order valence-electron chi connectivity index (χ2n) is 8.71. The molecule has 1 saturated heterocycles. The zero-order chi connectivity index (χ0) is 25.4. The predicted octanol–water partition coefficient (Wildman–Crippen LogP) is 5.37. The fourth-order valence-corrected chi connectivity index (χ4v) is 5.29. The summed E-state index contributed by atoms with van der Waals surface area (Å²) in [5, 5.41) is 13.4. The SMILES string of the molecule is COc1cccc(N2C(=S)NC(c3ccccn3)C2c2cc(C)n(-c3ccc(C(=O)O)cc3)c2C)c1. The van der Waals surface area contributed by atoms with Crippen molar-refractivity contribution >= 4 is 29.0 Å². The summed E-state index contributed by atoms with van der Waals surface area (Å²) >= 11 is 5.86. The number of thiocarbonyl (C=S) groups is 1. The van der Waals surface area contributed by atoms with Crippen LogP contribution in [0.3, 0.4) is 0 Å². The number of carbonyl (C=O) groups is 1. The van der Waals surface area contributed by atoms with Gasteiger partial charge in [-0.25, -0.2) is 4.79 Å². The minimum Gasteiger partial charge on any atom is -0.497 e. The summed E-state index contributed by atoms with van der Waals surface area (Å²) in [5.41, 5.74) is 6.15. The van der Waals surface area contributed by atoms with Crippen LogP contribution in [0.4, 0.5) is 5.69 Å². The molecule has 0 saturated carbocycles. The quantitative estimate of drug-likeness (QED) is 0.346. The molecule has 2 atom stereocenters. The molecule has 182 valence electrons. The first-order valence-corrected chi connectivity index (χ1v) is 12.0. The molecule has 0 aliphatic carbocycles. The van der Waals surface area contributed by atoms with Gasteiger partial charge < -0.3 is 24.6 Å². The number of ether oxygens (including phenoxy) is 1. The molecular weight excluding hydrogens is 472 g/mol. The van der Waals surface area contributed by atoms with E-state index in [1.807, 2.05) is 61.5 Å². The van der Waals surface area contributed by atoms with E-state index in [2.05, 4.69) is 32.8 Å². The van der Waals surface area contributed by atoms with Gasteiger partial charge in [0.2, 0.25) is 0 Å². The maximum Gasteiger partial charge on any atom is 0.335 e. The summed E-state index contributed by atoms with van der Waals surface area (Å²) < 4.78 is 7.63. The molecular formula is C28H26N4O3S. The molecule has 7 nitrogen and oxygen atoms in total. The minimum atomic E-state index is -0.944. The van der Waals surface area contributed by atoms with E-state index < -0.39 is 5.97 Å². The van der Waals surface area contributed by atoms with E-state index in [0.717, 1.165) is 39.8 Å². The highest BCUT2D eigenvalue weighted by Crippen LogP contribution is 2.44. The van der Waals surface area contributed by atoms with Crippen LogP contribution in [0.2, 0.25) is 0 Å². The maximum absolute atomic E-state index is 11.3. The van der Waals surface area contributed by atoms with E-state index in [1.54, 1.807) is 25.4 Å². The van der Waals surface area contributed by atoms with Crippen molar-refractivity contribution in [2.24, 2.45) is 0 Å². The molecule has 2 unspecified atom stereocenters. The van der Waals surface area contributed by atoms with Gasteiger partial charge in [-0.2, -0.15) is 0 Å². The summed E-state index contributed by atoms with van der Waals surface area (Å²) in [6.07, 6.45) is 1.79. The molecule has 0 amide bonds. The third kappa shape index (κ3) is 4.09. The lowest BCUT2D eigenvalue weighted by Gasteiger charge is -2.28. The van der Waals surface area contributed by atoms with Crippen LogP contribution in [0.15, 0.2) is 79.0 Å². The fraction of sp³-hybridized carbons (Fsp3) is 0.179. The van der Waals surface area contributed by atoms with Gasteiger partial charge >= 0.3 is 5.97 Å². The number of carboxylic acid groups (broad SMARTS) is 1. The first-order valence-electron chi connectivity index (χ1n) is 11.6. The molecule has 2 aromatic heterocycles. The number of methoxy groups -OCH3 is 1. The highest BCUT2D eigenvalue weighted by atomic mass is 32.1. The second-order valence-corrected chi connectivity index (χ2v) is 9.10. The minimum absolute atomic E-state index is 0.169. The summed E-state index contributed by atoms with van der Waals surface area (Å²) in [7, 11) is 1.65. The topological polar surface area (TPSA) is 79.6 Å². The number of aromatic carboxylic acids is 1. The highest BCUT2D eigenvalue weighted by molar-refractivity contribution is 7.80. The van der Waals surface area contributed by atoms with E-state index >= 15 is 0 Å². The number of aromatic nitrogens is 2. The van der Waals surface area contributed by atoms with Crippen LogP contribution in [0.5, 0.6) is 5.75 Å². The van der Waals surface area contributed by atoms with Crippen molar-refractivity contribution in [2.75, 3.05) is 12.0 Å². The van der Waals surface area contributed by atoms with Crippen LogP contribution < -0.4 is 15.0 Å². The number of nitrogens with one attached hydrogen (secondary N) is 1. The Morgan fingerprint density at radius 1 is 1.03 bits per heavy atom. The van der Waals surface area contributed by atoms with Crippen LogP contribution >= 0.6 is 12.2 Å². The molecule has 4 aromatic rings. The first kappa shape index (κ1) is 23.6. The average Bonchev–Trinajstić information content (AvgIpc) is 3.39. The van der Waals surface area contributed by atoms with Crippen molar-refractivity contribution in [1.82, 2.24) is 14.9 Å². The molecule has 2 N–H and O–H groups in total. The first-order chi connectivity index (χ1) is 17.4. The third-order valence-electron chi connectivity index (χ3n) is 6.59. The van der Waals surface area contributed by atoms with Crippen molar-refractivity contribution < 1.29 is 14.6 Å². The molecule has 8 heteroatoms. The number of carboxylic acids is 1. The predicted molar refractivity (Wildman–Crippen MR) is 143 cm³/mol. The van der Waals surface area contributed by atoms with Gasteiger partial charge in [-0.3, -0.25) is 4.98 Å². The van der Waals surface area contributed by atoms with Crippen LogP contribution in [0.25, 0.3) is 5.69 Å². The maximum atomic E-state index is 11.3. The van der Waals surface area contributed by atoms with Crippen molar-refractivity contribution in [3.63, 3.8) is 0 Å². The van der Waals surface area contributed by atoms with Crippen molar-refractivity contribution in [1.29, 1.82) is 0 Å². The lowest BCUT2D eigenvalue weighted by atomic mass is 9.96. The van der Waals surface area contributed by atoms with Crippen molar-refractivity contribution in [2.45, 2.75) is 25.9 Å². The molecule has 1 aliphatic rings. The van der Waals surface area contributed by atoms with Gasteiger partial charge in [0.05, 0.1) is 30.5 Å². The lowest BCUT2D eigenvalue weighted by molar-refractivity contribution is 0.0697. The number of pyridine rings is 1. The van der Waals surface area contributed by atoms with Gasteiger partial charge in [-0.15, -0.1) is 0 Å². The summed E-state index contributed by atoms with van der Waals surface area (Å²) in [5.74, 6) is -0.194. The zero-order valence-corrected chi connectivity index (χ0v) is 21.0. The van der Waals surface area contributed by atoms with E-state index in [-0.39, 0.29) is 17.6 Å². The number of rotatable bonds is 6. The molecule has 36 heavy (non-hydrogen) atoms. The number of aryl methyl sites for hydroxylation is 1. The Morgan fingerprint density at radius 2 is 1.81 bits per heavy atom. The van der Waals surface area contributed by atoms with Crippen LogP contribution in [0, 0.1) is 13.8 Å². The van der Waals surface area contributed by atoms with Crippen molar-refractivity contribution in [3.05, 3.63) is 107 Å². The summed E-state index contributed by atoms with van der Waals surface area (Å²) in [4.78, 5) is 18.1. The van der Waals surface area contributed by atoms with E-state index in [9.17, 15) is 9.90 Å². The number of anilines is 1. The molecule has 0 bridgehead atoms. The third-order valence-corrected chi connectivity index (χ3v) is 6.91. The van der Waals surface area contributed by atoms with Crippen LogP contribution in [0.1, 0.15) is 45.1 Å². The van der Waals surface area contributed by atoms with E-state index in [0.29, 0.717) is 5.11 Å². The highest BCUT2D eigenvalue weighted by Gasteiger charge is 2.42. The van der Waals surface area contributed by atoms with Crippen LogP contribution in [-0.2, 0) is 0 Å². The molecule has 5 rings (SSSR count). The lowest BCUT2D eigenvalue weighted by Crippen LogP contribution is -2.29. The number of hydrogen-bond donors (Lipinski definition) is 2. The smallest absolute Gasteiger partial charge is 0.335 e. The van der Waals surface area contributed by atoms with Crippen LogP contribution in [-0.4, -0.2) is 32.8 Å². The Kier molecular flexibility index (Phi) is 6.20. The normalized spacial score (nSPS) is 17.2. The second kappa shape index (κ2) is 9.47. The van der Waals surface area contributed by atoms with E-state index in [1.165, 1.54) is 0 Å². The van der Waals surface area contributed by atoms with Gasteiger partial charge in [-0.05, 0) is 86.2 Å². The molecule has 2 aromatic carbocycles. The fourth-order valence-electron chi connectivity index (χ4n) is 4.95. The average molecular weight is 499 g/mol. The number of nitrogens with zero attached hydrogens (tertiary/aromatic N) is 3. The number of hydrogen-bond acceptors (Lipinski definition) is 4. The Hall–Kier alpha value is -4.17. The van der Waals surface area contributed by atoms with Gasteiger partial charge in [0.1, 0.15) is 5.75 Å².